The Morgan fingerprint density at radius 3 is 3.00 bits per heavy atom. The average molecular weight is 242 g/mol. The average Bonchev–Trinajstić information content (AvgIpc) is 2.60. The maximum atomic E-state index is 10.8. The van der Waals surface area contributed by atoms with Gasteiger partial charge in [-0.25, -0.2) is 4.98 Å². The summed E-state index contributed by atoms with van der Waals surface area (Å²) in [5.41, 5.74) is 0.857. The van der Waals surface area contributed by atoms with E-state index in [9.17, 15) is 4.79 Å². The second-order valence-corrected chi connectivity index (χ2v) is 5.84. The molecule has 1 atom stereocenters. The zero-order chi connectivity index (χ0) is 10.8. The quantitative estimate of drug-likeness (QED) is 0.744. The van der Waals surface area contributed by atoms with Crippen LogP contribution in [0.25, 0.3) is 0 Å². The van der Waals surface area contributed by atoms with Crippen LogP contribution < -0.4 is 4.90 Å². The van der Waals surface area contributed by atoms with Gasteiger partial charge in [0.25, 0.3) is 0 Å². The number of anilines is 1. The third-order valence-electron chi connectivity index (χ3n) is 2.54. The summed E-state index contributed by atoms with van der Waals surface area (Å²) in [6.07, 6.45) is 0.903. The summed E-state index contributed by atoms with van der Waals surface area (Å²) in [5, 5.41) is 1.00. The Hall–Kier alpha value is -0.550. The normalized spacial score (nSPS) is 21.7. The van der Waals surface area contributed by atoms with Crippen molar-refractivity contribution in [1.29, 1.82) is 0 Å². The summed E-state index contributed by atoms with van der Waals surface area (Å²) in [5.74, 6) is 2.30. The molecule has 1 aromatic heterocycles. The number of hydrogen-bond acceptors (Lipinski definition) is 5. The Morgan fingerprint density at radius 1 is 1.60 bits per heavy atom. The van der Waals surface area contributed by atoms with Crippen LogP contribution in [-0.2, 0) is 0 Å². The Bertz CT molecular complexity index is 364. The lowest BCUT2D eigenvalue weighted by atomic mass is 10.3. The molecule has 0 radical (unpaired) electrons. The highest BCUT2D eigenvalue weighted by Crippen LogP contribution is 2.29. The van der Waals surface area contributed by atoms with Crippen LogP contribution >= 0.6 is 23.1 Å². The molecule has 2 heterocycles. The highest BCUT2D eigenvalue weighted by molar-refractivity contribution is 7.99. The molecule has 2 rings (SSSR count). The van der Waals surface area contributed by atoms with Crippen LogP contribution in [0.15, 0.2) is 0 Å². The minimum absolute atomic E-state index is 0.522. The minimum Gasteiger partial charge on any atom is -0.344 e. The van der Waals surface area contributed by atoms with Crippen molar-refractivity contribution >= 4 is 34.5 Å². The smallest absolute Gasteiger partial charge is 0.186 e. The lowest BCUT2D eigenvalue weighted by Gasteiger charge is -2.32. The lowest BCUT2D eigenvalue weighted by Crippen LogP contribution is -2.40. The van der Waals surface area contributed by atoms with Crippen LogP contribution in [0, 0.1) is 6.92 Å². The van der Waals surface area contributed by atoms with Crippen molar-refractivity contribution in [2.75, 3.05) is 23.0 Å². The molecule has 1 aliphatic heterocycles. The Kier molecular flexibility index (Phi) is 3.31. The Morgan fingerprint density at radius 2 is 2.40 bits per heavy atom. The highest BCUT2D eigenvalue weighted by atomic mass is 32.2. The molecule has 1 unspecified atom stereocenters. The predicted molar refractivity (Wildman–Crippen MR) is 66.4 cm³/mol. The Balaban J connectivity index is 2.23. The van der Waals surface area contributed by atoms with Gasteiger partial charge in [-0.05, 0) is 13.8 Å². The summed E-state index contributed by atoms with van der Waals surface area (Å²) in [7, 11) is 0. The maximum absolute atomic E-state index is 10.8. The Labute approximate surface area is 97.9 Å². The van der Waals surface area contributed by atoms with E-state index in [-0.39, 0.29) is 0 Å². The molecule has 0 N–H and O–H groups in total. The van der Waals surface area contributed by atoms with E-state index in [1.165, 1.54) is 11.3 Å². The summed E-state index contributed by atoms with van der Waals surface area (Å²) < 4.78 is 0. The van der Waals surface area contributed by atoms with E-state index < -0.39 is 0 Å². The van der Waals surface area contributed by atoms with E-state index in [0.29, 0.717) is 6.04 Å². The van der Waals surface area contributed by atoms with Crippen molar-refractivity contribution < 1.29 is 4.79 Å². The monoisotopic (exact) mass is 242 g/mol. The van der Waals surface area contributed by atoms with Gasteiger partial charge < -0.3 is 4.90 Å². The fourth-order valence-corrected chi connectivity index (χ4v) is 3.66. The molecular formula is C10H14N2OS2. The topological polar surface area (TPSA) is 33.2 Å². The molecule has 0 spiro atoms. The van der Waals surface area contributed by atoms with Crippen LogP contribution in [0.4, 0.5) is 5.13 Å². The number of nitrogens with zero attached hydrogens (tertiary/aromatic N) is 2. The molecule has 5 heteroatoms. The van der Waals surface area contributed by atoms with Gasteiger partial charge >= 0.3 is 0 Å². The molecule has 1 saturated heterocycles. The van der Waals surface area contributed by atoms with Crippen LogP contribution in [-0.4, -0.2) is 35.4 Å². The highest BCUT2D eigenvalue weighted by Gasteiger charge is 2.22. The van der Waals surface area contributed by atoms with Gasteiger partial charge in [0.1, 0.15) is 0 Å². The zero-order valence-electron chi connectivity index (χ0n) is 8.90. The van der Waals surface area contributed by atoms with Gasteiger partial charge in [-0.3, -0.25) is 4.79 Å². The minimum atomic E-state index is 0.522. The van der Waals surface area contributed by atoms with Gasteiger partial charge in [0.15, 0.2) is 11.4 Å². The van der Waals surface area contributed by atoms with Crippen molar-refractivity contribution in [3.05, 3.63) is 10.6 Å². The van der Waals surface area contributed by atoms with Gasteiger partial charge in [-0.1, -0.05) is 11.3 Å². The predicted octanol–water partition coefficient (Wildman–Crippen LogP) is 2.21. The summed E-state index contributed by atoms with van der Waals surface area (Å²) >= 11 is 3.49. The summed E-state index contributed by atoms with van der Waals surface area (Å²) in [6.45, 7) is 5.15. The maximum Gasteiger partial charge on any atom is 0.186 e. The number of rotatable bonds is 2. The molecule has 1 fully saturated rings. The van der Waals surface area contributed by atoms with Gasteiger partial charge in [0.05, 0.1) is 10.6 Å². The van der Waals surface area contributed by atoms with Crippen molar-refractivity contribution in [2.24, 2.45) is 0 Å². The number of thiazole rings is 1. The number of aryl methyl sites for hydroxylation is 1. The van der Waals surface area contributed by atoms with Gasteiger partial charge in [0.2, 0.25) is 0 Å². The number of thioether (sulfide) groups is 1. The molecule has 0 aliphatic carbocycles. The van der Waals surface area contributed by atoms with Crippen molar-refractivity contribution in [3.8, 4) is 0 Å². The lowest BCUT2D eigenvalue weighted by molar-refractivity contribution is 0.112. The van der Waals surface area contributed by atoms with E-state index in [1.807, 2.05) is 18.7 Å². The fraction of sp³-hybridized carbons (Fsp3) is 0.600. The first kappa shape index (κ1) is 11.0. The van der Waals surface area contributed by atoms with Crippen molar-refractivity contribution in [2.45, 2.75) is 19.9 Å². The largest absolute Gasteiger partial charge is 0.344 e. The number of carbonyl (C=O) groups excluding carboxylic acids is 1. The number of aromatic nitrogens is 1. The van der Waals surface area contributed by atoms with Crippen molar-refractivity contribution in [1.82, 2.24) is 4.98 Å². The van der Waals surface area contributed by atoms with E-state index >= 15 is 0 Å². The molecule has 0 bridgehead atoms. The van der Waals surface area contributed by atoms with Crippen LogP contribution in [0.1, 0.15) is 22.3 Å². The number of hydrogen-bond donors (Lipinski definition) is 0. The van der Waals surface area contributed by atoms with Crippen LogP contribution in [0.3, 0.4) is 0 Å². The first-order valence-corrected chi connectivity index (χ1v) is 6.96. The van der Waals surface area contributed by atoms with Gasteiger partial charge in [-0.2, -0.15) is 11.8 Å². The molecule has 0 amide bonds. The van der Waals surface area contributed by atoms with Crippen LogP contribution in [0.2, 0.25) is 0 Å². The molecule has 1 aromatic rings. The SMILES string of the molecule is Cc1nc(N2CCSCC2C)sc1C=O. The van der Waals surface area contributed by atoms with Gasteiger partial charge in [0, 0.05) is 24.1 Å². The van der Waals surface area contributed by atoms with E-state index in [0.717, 1.165) is 40.0 Å². The first-order valence-electron chi connectivity index (χ1n) is 4.99. The molecule has 0 saturated carbocycles. The second-order valence-electron chi connectivity index (χ2n) is 3.68. The number of carbonyl (C=O) groups is 1. The molecule has 0 aromatic carbocycles. The fourth-order valence-electron chi connectivity index (χ4n) is 1.64. The molecule has 1 aliphatic rings. The standard InChI is InChI=1S/C10H14N2OS2/c1-7-6-14-4-3-12(7)10-11-8(2)9(5-13)15-10/h5,7H,3-4,6H2,1-2H3. The third-order valence-corrected chi connectivity index (χ3v) is 4.85. The number of aldehydes is 1. The third kappa shape index (κ3) is 2.18. The van der Waals surface area contributed by atoms with E-state index in [4.69, 9.17) is 0 Å². The van der Waals surface area contributed by atoms with Crippen molar-refractivity contribution in [3.63, 3.8) is 0 Å². The second kappa shape index (κ2) is 4.53. The first-order chi connectivity index (χ1) is 7.22. The molecular weight excluding hydrogens is 228 g/mol. The van der Waals surface area contributed by atoms with Crippen LogP contribution in [0.5, 0.6) is 0 Å². The zero-order valence-corrected chi connectivity index (χ0v) is 10.5. The van der Waals surface area contributed by atoms with E-state index in [2.05, 4.69) is 16.8 Å². The summed E-state index contributed by atoms with van der Waals surface area (Å²) in [6, 6.07) is 0.522. The van der Waals surface area contributed by atoms with Gasteiger partial charge in [-0.15, -0.1) is 0 Å². The molecule has 3 nitrogen and oxygen atoms in total. The summed E-state index contributed by atoms with van der Waals surface area (Å²) in [4.78, 5) is 18.3. The van der Waals surface area contributed by atoms with E-state index in [1.54, 1.807) is 0 Å². The molecule has 82 valence electrons. The molecule has 15 heavy (non-hydrogen) atoms.